The molecule has 0 bridgehead atoms. The van der Waals surface area contributed by atoms with Crippen LogP contribution in [0.15, 0.2) is 12.1 Å². The molecule has 6 nitrogen and oxygen atoms in total. The molecule has 2 N–H and O–H groups in total. The maximum Gasteiger partial charge on any atom is 0.323 e. The van der Waals surface area contributed by atoms with Gasteiger partial charge in [-0.3, -0.25) is 9.69 Å². The van der Waals surface area contributed by atoms with Gasteiger partial charge in [0.05, 0.1) is 18.3 Å². The van der Waals surface area contributed by atoms with Crippen LogP contribution in [0.3, 0.4) is 0 Å². The Morgan fingerprint density at radius 1 is 1.27 bits per heavy atom. The number of hydrogen-bond acceptors (Lipinski definition) is 6. The molecule has 0 saturated carbocycles. The average Bonchev–Trinajstić information content (AvgIpc) is 2.71. The molecule has 1 saturated heterocycles. The molecule has 0 unspecified atom stereocenters. The number of piperidine rings is 1. The number of nitrogens with zero attached hydrogens (tertiary/aromatic N) is 1. The third kappa shape index (κ3) is 4.75. The van der Waals surface area contributed by atoms with Crippen molar-refractivity contribution in [3.63, 3.8) is 0 Å². The van der Waals surface area contributed by atoms with Gasteiger partial charge in [-0.1, -0.05) is 27.7 Å². The van der Waals surface area contributed by atoms with E-state index in [0.29, 0.717) is 18.1 Å². The molecular weight excluding hydrogens is 380 g/mol. The van der Waals surface area contributed by atoms with E-state index >= 15 is 0 Å². The molecule has 0 aromatic heterocycles. The lowest BCUT2D eigenvalue weighted by atomic mass is 9.79. The van der Waals surface area contributed by atoms with Crippen molar-refractivity contribution >= 4 is 5.97 Å². The topological polar surface area (TPSA) is 74.0 Å². The van der Waals surface area contributed by atoms with Gasteiger partial charge in [0.2, 0.25) is 0 Å². The summed E-state index contributed by atoms with van der Waals surface area (Å²) >= 11 is 0. The molecule has 1 fully saturated rings. The summed E-state index contributed by atoms with van der Waals surface area (Å²) in [6.45, 7) is 9.91. The van der Waals surface area contributed by atoms with E-state index in [0.717, 1.165) is 37.1 Å². The van der Waals surface area contributed by atoms with Crippen molar-refractivity contribution in [3.05, 3.63) is 23.3 Å². The van der Waals surface area contributed by atoms with Gasteiger partial charge >= 0.3 is 5.97 Å². The Kier molecular flexibility index (Phi) is 6.04. The molecule has 0 spiro atoms. The van der Waals surface area contributed by atoms with Crippen LogP contribution in [-0.2, 0) is 16.0 Å². The van der Waals surface area contributed by atoms with Crippen molar-refractivity contribution in [1.82, 2.24) is 4.90 Å². The van der Waals surface area contributed by atoms with Gasteiger partial charge in [0.1, 0.15) is 12.1 Å². The molecule has 168 valence electrons. The van der Waals surface area contributed by atoms with Gasteiger partial charge in [-0.05, 0) is 47.9 Å². The Labute approximate surface area is 185 Å². The summed E-state index contributed by atoms with van der Waals surface area (Å²) in [6.07, 6.45) is 2.22. The predicted molar refractivity (Wildman–Crippen MR) is 118 cm³/mol. The van der Waals surface area contributed by atoms with Crippen LogP contribution in [0.25, 0.3) is 0 Å². The molecular formula is C24H38N2O4. The molecule has 2 heterocycles. The molecule has 4 atom stereocenters. The average molecular weight is 422 g/mol. The normalized spacial score (nSPS) is 26.8. The number of esters is 1. The lowest BCUT2D eigenvalue weighted by Gasteiger charge is -2.47. The zero-order valence-corrected chi connectivity index (χ0v) is 18.8. The summed E-state index contributed by atoms with van der Waals surface area (Å²) in [5.74, 6) is 1.02. The SMILES string of the molecule is [2H]C([2H])([2H])Oc1cc2c(cc1OC)[C@H]1C[C@@H](OC(=O)[C@@H](N)C(C)C)[C@H](CC(C)C)CN1CC2. The highest BCUT2D eigenvalue weighted by molar-refractivity contribution is 5.76. The van der Waals surface area contributed by atoms with Crippen molar-refractivity contribution < 1.29 is 23.1 Å². The second-order valence-electron chi connectivity index (χ2n) is 9.44. The minimum Gasteiger partial charge on any atom is -0.493 e. The van der Waals surface area contributed by atoms with Crippen LogP contribution in [0.4, 0.5) is 0 Å². The molecule has 0 amide bonds. The minimum atomic E-state index is -2.55. The number of rotatable bonds is 7. The van der Waals surface area contributed by atoms with E-state index in [1.807, 2.05) is 19.9 Å². The van der Waals surface area contributed by atoms with Crippen molar-refractivity contribution in [2.24, 2.45) is 23.5 Å². The summed E-state index contributed by atoms with van der Waals surface area (Å²) < 4.78 is 39.0. The van der Waals surface area contributed by atoms with Gasteiger partial charge in [0, 0.05) is 31.5 Å². The second-order valence-corrected chi connectivity index (χ2v) is 9.44. The van der Waals surface area contributed by atoms with Gasteiger partial charge in [-0.2, -0.15) is 0 Å². The van der Waals surface area contributed by atoms with Crippen LogP contribution in [0.1, 0.15) is 61.8 Å². The first-order valence-electron chi connectivity index (χ1n) is 12.5. The molecule has 0 radical (unpaired) electrons. The smallest absolute Gasteiger partial charge is 0.323 e. The number of ether oxygens (including phenoxy) is 3. The second kappa shape index (κ2) is 9.56. The standard InChI is InChI=1S/C24H38N2O4/c1-14(2)9-17-13-26-8-7-16-10-21(28-5)22(29-6)11-18(16)19(26)12-20(17)30-24(27)23(25)15(3)4/h10-11,14-15,17,19-20,23H,7-9,12-13,25H2,1-6H3/t17-,19-,20-,23+/m1/s1/i5D3. The van der Waals surface area contributed by atoms with Crippen LogP contribution in [-0.4, -0.2) is 50.3 Å². The molecule has 30 heavy (non-hydrogen) atoms. The Morgan fingerprint density at radius 3 is 2.63 bits per heavy atom. The number of hydrogen-bond donors (Lipinski definition) is 1. The van der Waals surface area contributed by atoms with Crippen molar-refractivity contribution in [1.29, 1.82) is 0 Å². The molecule has 0 aliphatic carbocycles. The third-order valence-corrected chi connectivity index (χ3v) is 6.49. The number of carbonyl (C=O) groups is 1. The molecule has 1 aromatic carbocycles. The quantitative estimate of drug-likeness (QED) is 0.679. The zero-order chi connectivity index (χ0) is 24.5. The fourth-order valence-electron chi connectivity index (χ4n) is 4.80. The van der Waals surface area contributed by atoms with E-state index in [2.05, 4.69) is 18.7 Å². The molecule has 2 aliphatic heterocycles. The van der Waals surface area contributed by atoms with Crippen LogP contribution < -0.4 is 15.2 Å². The van der Waals surface area contributed by atoms with Gasteiger partial charge in [-0.15, -0.1) is 0 Å². The lowest BCUT2D eigenvalue weighted by Crippen LogP contribution is -2.51. The number of benzene rings is 1. The van der Waals surface area contributed by atoms with Gasteiger partial charge in [0.15, 0.2) is 11.5 Å². The highest BCUT2D eigenvalue weighted by Crippen LogP contribution is 2.44. The predicted octanol–water partition coefficient (Wildman–Crippen LogP) is 3.56. The van der Waals surface area contributed by atoms with Crippen molar-refractivity contribution in [2.75, 3.05) is 27.2 Å². The fourth-order valence-corrected chi connectivity index (χ4v) is 4.80. The van der Waals surface area contributed by atoms with E-state index in [-0.39, 0.29) is 35.7 Å². The summed E-state index contributed by atoms with van der Waals surface area (Å²) in [5, 5.41) is 0. The fraction of sp³-hybridized carbons (Fsp3) is 0.708. The summed E-state index contributed by atoms with van der Waals surface area (Å²) in [5.41, 5.74) is 8.20. The molecule has 3 rings (SSSR count). The molecule has 1 aromatic rings. The highest BCUT2D eigenvalue weighted by Gasteiger charge is 2.41. The van der Waals surface area contributed by atoms with Gasteiger partial charge in [0.25, 0.3) is 0 Å². The Morgan fingerprint density at radius 2 is 2.00 bits per heavy atom. The molecule has 2 aliphatic rings. The van der Waals surface area contributed by atoms with Gasteiger partial charge in [-0.25, -0.2) is 0 Å². The maximum atomic E-state index is 12.7. The van der Waals surface area contributed by atoms with E-state index in [1.165, 1.54) is 7.11 Å². The van der Waals surface area contributed by atoms with Crippen LogP contribution in [0.5, 0.6) is 11.5 Å². The first kappa shape index (κ1) is 18.9. The summed E-state index contributed by atoms with van der Waals surface area (Å²) in [7, 11) is -1.04. The van der Waals surface area contributed by atoms with Crippen LogP contribution in [0.2, 0.25) is 0 Å². The summed E-state index contributed by atoms with van der Waals surface area (Å²) in [6, 6.07) is 3.09. The maximum absolute atomic E-state index is 12.7. The van der Waals surface area contributed by atoms with E-state index < -0.39 is 13.1 Å². The number of carbonyl (C=O) groups excluding carboxylic acids is 1. The lowest BCUT2D eigenvalue weighted by molar-refractivity contribution is -0.160. The Balaban J connectivity index is 1.90. The first-order valence-corrected chi connectivity index (χ1v) is 11.0. The van der Waals surface area contributed by atoms with E-state index in [4.69, 9.17) is 24.1 Å². The van der Waals surface area contributed by atoms with Crippen LogP contribution in [0, 0.1) is 17.8 Å². The summed E-state index contributed by atoms with van der Waals surface area (Å²) in [4.78, 5) is 15.2. The van der Waals surface area contributed by atoms with Crippen molar-refractivity contribution in [3.8, 4) is 11.5 Å². The monoisotopic (exact) mass is 421 g/mol. The van der Waals surface area contributed by atoms with Gasteiger partial charge < -0.3 is 19.9 Å². The first-order chi connectivity index (χ1) is 15.4. The Hall–Kier alpha value is -1.79. The Bertz CT molecular complexity index is 844. The largest absolute Gasteiger partial charge is 0.493 e. The number of nitrogens with two attached hydrogens (primary N) is 1. The minimum absolute atomic E-state index is 0.0115. The zero-order valence-electron chi connectivity index (χ0n) is 21.8. The number of methoxy groups -OCH3 is 2. The molecule has 6 heteroatoms. The number of fused-ring (bicyclic) bond motifs is 3. The van der Waals surface area contributed by atoms with Crippen LogP contribution >= 0.6 is 0 Å². The van der Waals surface area contributed by atoms with Crippen molar-refractivity contribution in [2.45, 2.75) is 65.1 Å². The highest BCUT2D eigenvalue weighted by atomic mass is 16.5. The van der Waals surface area contributed by atoms with E-state index in [9.17, 15) is 4.79 Å². The van der Waals surface area contributed by atoms with E-state index in [1.54, 1.807) is 6.07 Å². The third-order valence-electron chi connectivity index (χ3n) is 6.49.